The number of halogens is 1. The smallest absolute Gasteiger partial charge is 0.295 e. The number of ether oxygens (including phenoxy) is 1. The van der Waals surface area contributed by atoms with E-state index < -0.39 is 12.0 Å². The fourth-order valence-electron chi connectivity index (χ4n) is 2.72. The molecule has 7 heteroatoms. The van der Waals surface area contributed by atoms with Crippen molar-refractivity contribution >= 4 is 23.2 Å². The number of amides is 1. The zero-order valence-corrected chi connectivity index (χ0v) is 16.0. The molecule has 1 amide bonds. The first-order valence-electron chi connectivity index (χ1n) is 8.46. The standard InChI is InChI=1S/C20H20ClN3O3/c1-13-18(20(26)24(23(13)3)15-9-5-4-6-10-15)22-19(25)14(2)27-17-12-8-7-11-16(17)21/h4-12,14H,1-3H3,(H,22,25)/t14-/m0/s1. The van der Waals surface area contributed by atoms with E-state index in [4.69, 9.17) is 16.3 Å². The van der Waals surface area contributed by atoms with Crippen molar-refractivity contribution in [3.63, 3.8) is 0 Å². The number of hydrogen-bond acceptors (Lipinski definition) is 3. The minimum atomic E-state index is -0.825. The van der Waals surface area contributed by atoms with Crippen LogP contribution in [-0.4, -0.2) is 21.4 Å². The molecule has 3 aromatic rings. The van der Waals surface area contributed by atoms with Gasteiger partial charge in [0.25, 0.3) is 11.5 Å². The maximum absolute atomic E-state index is 12.8. The third-order valence-corrected chi connectivity index (χ3v) is 4.62. The van der Waals surface area contributed by atoms with Gasteiger partial charge in [-0.05, 0) is 38.1 Å². The molecule has 0 saturated heterocycles. The van der Waals surface area contributed by atoms with Crippen LogP contribution >= 0.6 is 11.6 Å². The number of aromatic nitrogens is 2. The lowest BCUT2D eigenvalue weighted by Crippen LogP contribution is -2.32. The van der Waals surface area contributed by atoms with Crippen LogP contribution in [0.15, 0.2) is 59.4 Å². The summed E-state index contributed by atoms with van der Waals surface area (Å²) in [5.41, 5.74) is 1.27. The number of nitrogens with one attached hydrogen (secondary N) is 1. The summed E-state index contributed by atoms with van der Waals surface area (Å²) >= 11 is 6.06. The topological polar surface area (TPSA) is 65.3 Å². The Bertz CT molecular complexity index is 1020. The normalized spacial score (nSPS) is 11.9. The van der Waals surface area contributed by atoms with Crippen LogP contribution in [0.25, 0.3) is 5.69 Å². The number of carbonyl (C=O) groups is 1. The fourth-order valence-corrected chi connectivity index (χ4v) is 2.90. The number of anilines is 1. The van der Waals surface area contributed by atoms with Crippen molar-refractivity contribution in [1.82, 2.24) is 9.36 Å². The quantitative estimate of drug-likeness (QED) is 0.730. The van der Waals surface area contributed by atoms with Crippen LogP contribution in [0.2, 0.25) is 5.02 Å². The first-order valence-corrected chi connectivity index (χ1v) is 8.84. The zero-order valence-electron chi connectivity index (χ0n) is 15.3. The lowest BCUT2D eigenvalue weighted by atomic mass is 10.3. The second-order valence-corrected chi connectivity index (χ2v) is 6.52. The van der Waals surface area contributed by atoms with Gasteiger partial charge in [-0.1, -0.05) is 41.9 Å². The second-order valence-electron chi connectivity index (χ2n) is 6.12. The van der Waals surface area contributed by atoms with Crippen LogP contribution in [-0.2, 0) is 11.8 Å². The predicted molar refractivity (Wildman–Crippen MR) is 106 cm³/mol. The molecule has 0 radical (unpaired) electrons. The molecule has 27 heavy (non-hydrogen) atoms. The van der Waals surface area contributed by atoms with E-state index in [1.54, 1.807) is 49.8 Å². The molecule has 2 aromatic carbocycles. The Morgan fingerprint density at radius 2 is 1.74 bits per heavy atom. The minimum absolute atomic E-state index is 0.223. The van der Waals surface area contributed by atoms with Gasteiger partial charge in [0.2, 0.25) is 0 Å². The summed E-state index contributed by atoms with van der Waals surface area (Å²) in [6.07, 6.45) is -0.825. The van der Waals surface area contributed by atoms with Crippen molar-refractivity contribution in [2.45, 2.75) is 20.0 Å². The van der Waals surface area contributed by atoms with Gasteiger partial charge in [0.05, 0.1) is 16.4 Å². The number of carbonyl (C=O) groups excluding carboxylic acids is 1. The van der Waals surface area contributed by atoms with E-state index in [1.807, 2.05) is 30.3 Å². The van der Waals surface area contributed by atoms with Crippen LogP contribution in [0.3, 0.4) is 0 Å². The molecule has 0 aliphatic rings. The van der Waals surface area contributed by atoms with Gasteiger partial charge in [-0.15, -0.1) is 0 Å². The summed E-state index contributed by atoms with van der Waals surface area (Å²) in [6.45, 7) is 3.38. The molecule has 1 N–H and O–H groups in total. The highest BCUT2D eigenvalue weighted by Gasteiger charge is 2.22. The van der Waals surface area contributed by atoms with E-state index in [0.717, 1.165) is 0 Å². The number of benzene rings is 2. The molecule has 0 spiro atoms. The average molecular weight is 386 g/mol. The molecule has 0 aliphatic carbocycles. The van der Waals surface area contributed by atoms with E-state index in [1.165, 1.54) is 4.68 Å². The SMILES string of the molecule is Cc1c(NC(=O)[C@H](C)Oc2ccccc2Cl)c(=O)n(-c2ccccc2)n1C. The second kappa shape index (κ2) is 7.72. The summed E-state index contributed by atoms with van der Waals surface area (Å²) < 4.78 is 8.83. The molecule has 0 bridgehead atoms. The van der Waals surface area contributed by atoms with Crippen molar-refractivity contribution < 1.29 is 9.53 Å². The molecule has 0 fully saturated rings. The Morgan fingerprint density at radius 1 is 1.11 bits per heavy atom. The summed E-state index contributed by atoms with van der Waals surface area (Å²) in [6, 6.07) is 16.1. The zero-order chi connectivity index (χ0) is 19.6. The molecule has 1 aromatic heterocycles. The lowest BCUT2D eigenvalue weighted by Gasteiger charge is -2.15. The van der Waals surface area contributed by atoms with Gasteiger partial charge in [-0.3, -0.25) is 14.3 Å². The van der Waals surface area contributed by atoms with Gasteiger partial charge < -0.3 is 10.1 Å². The number of nitrogens with zero attached hydrogens (tertiary/aromatic N) is 2. The van der Waals surface area contributed by atoms with Crippen LogP contribution < -0.4 is 15.6 Å². The molecule has 140 valence electrons. The van der Waals surface area contributed by atoms with E-state index in [0.29, 0.717) is 22.2 Å². The average Bonchev–Trinajstić information content (AvgIpc) is 2.87. The van der Waals surface area contributed by atoms with Crippen LogP contribution in [0.1, 0.15) is 12.6 Å². The van der Waals surface area contributed by atoms with Gasteiger partial charge in [0.1, 0.15) is 11.4 Å². The van der Waals surface area contributed by atoms with Gasteiger partial charge in [0.15, 0.2) is 6.10 Å². The first-order chi connectivity index (χ1) is 12.9. The molecule has 0 saturated carbocycles. The maximum atomic E-state index is 12.8. The third-order valence-electron chi connectivity index (χ3n) is 4.31. The van der Waals surface area contributed by atoms with Gasteiger partial charge in [-0.2, -0.15) is 0 Å². The predicted octanol–water partition coefficient (Wildman–Crippen LogP) is 3.54. The fraction of sp³-hybridized carbons (Fsp3) is 0.200. The highest BCUT2D eigenvalue weighted by molar-refractivity contribution is 6.32. The van der Waals surface area contributed by atoms with Gasteiger partial charge in [0, 0.05) is 7.05 Å². The molecule has 6 nitrogen and oxygen atoms in total. The Balaban J connectivity index is 1.84. The highest BCUT2D eigenvalue weighted by Crippen LogP contribution is 2.24. The van der Waals surface area contributed by atoms with Crippen molar-refractivity contribution in [3.05, 3.63) is 75.7 Å². The molecule has 3 rings (SSSR count). The van der Waals surface area contributed by atoms with Crippen molar-refractivity contribution in [2.75, 3.05) is 5.32 Å². The summed E-state index contributed by atoms with van der Waals surface area (Å²) in [7, 11) is 1.77. The Kier molecular flexibility index (Phi) is 5.37. The largest absolute Gasteiger partial charge is 0.479 e. The highest BCUT2D eigenvalue weighted by atomic mass is 35.5. The number of hydrogen-bond donors (Lipinski definition) is 1. The van der Waals surface area contributed by atoms with Crippen LogP contribution in [0, 0.1) is 6.92 Å². The molecular weight excluding hydrogens is 366 g/mol. The van der Waals surface area contributed by atoms with Crippen molar-refractivity contribution in [2.24, 2.45) is 7.05 Å². The van der Waals surface area contributed by atoms with E-state index in [9.17, 15) is 9.59 Å². The van der Waals surface area contributed by atoms with E-state index >= 15 is 0 Å². The van der Waals surface area contributed by atoms with Crippen LogP contribution in [0.5, 0.6) is 5.75 Å². The molecule has 0 aliphatic heterocycles. The molecule has 1 heterocycles. The summed E-state index contributed by atoms with van der Waals surface area (Å²) in [4.78, 5) is 25.4. The van der Waals surface area contributed by atoms with E-state index in [2.05, 4.69) is 5.32 Å². The first kappa shape index (κ1) is 18.8. The Hall–Kier alpha value is -2.99. The molecule has 1 atom stereocenters. The van der Waals surface area contributed by atoms with Crippen LogP contribution in [0.4, 0.5) is 5.69 Å². The summed E-state index contributed by atoms with van der Waals surface area (Å²) in [5.74, 6) is -0.0192. The summed E-state index contributed by atoms with van der Waals surface area (Å²) in [5, 5.41) is 3.10. The maximum Gasteiger partial charge on any atom is 0.295 e. The third kappa shape index (κ3) is 3.75. The molecule has 0 unspecified atom stereocenters. The molecular formula is C20H20ClN3O3. The minimum Gasteiger partial charge on any atom is -0.479 e. The number of para-hydroxylation sites is 2. The van der Waals surface area contributed by atoms with Gasteiger partial charge >= 0.3 is 0 Å². The number of rotatable bonds is 5. The van der Waals surface area contributed by atoms with E-state index in [-0.39, 0.29) is 11.2 Å². The Labute approximate surface area is 161 Å². The Morgan fingerprint density at radius 3 is 2.41 bits per heavy atom. The van der Waals surface area contributed by atoms with Crippen molar-refractivity contribution in [3.8, 4) is 11.4 Å². The van der Waals surface area contributed by atoms with Crippen molar-refractivity contribution in [1.29, 1.82) is 0 Å². The van der Waals surface area contributed by atoms with Gasteiger partial charge in [-0.25, -0.2) is 4.68 Å². The lowest BCUT2D eigenvalue weighted by molar-refractivity contribution is -0.122. The monoisotopic (exact) mass is 385 g/mol.